The highest BCUT2D eigenvalue weighted by Gasteiger charge is 2.25. The fourth-order valence-electron chi connectivity index (χ4n) is 3.37. The molecule has 0 saturated carbocycles. The molecule has 1 atom stereocenters. The van der Waals surface area contributed by atoms with Crippen molar-refractivity contribution in [3.63, 3.8) is 0 Å². The van der Waals surface area contributed by atoms with Gasteiger partial charge in [0, 0.05) is 23.2 Å². The number of benzene rings is 2. The molecule has 0 aliphatic carbocycles. The lowest BCUT2D eigenvalue weighted by atomic mass is 9.96. The van der Waals surface area contributed by atoms with E-state index in [1.54, 1.807) is 12.3 Å². The van der Waals surface area contributed by atoms with Crippen LogP contribution in [-0.2, 0) is 17.6 Å². The first-order chi connectivity index (χ1) is 12.7. The molecule has 3 aromatic rings. The number of amides is 1. The standard InChI is InChI=1S/C21H19ClN2O2/c22-18-6-7-19-16(12-18)11-17(13-26-19)21(25)24-10-8-15-4-1-3-14-5-2-9-23-20(14)15/h1-7,9,12,17H,8,10-11,13H2,(H,24,25). The number of carbonyl (C=O) groups is 1. The molecule has 1 N–H and O–H groups in total. The molecule has 1 amide bonds. The van der Waals surface area contributed by atoms with Crippen LogP contribution in [0.25, 0.3) is 10.9 Å². The lowest BCUT2D eigenvalue weighted by Gasteiger charge is -2.24. The molecule has 1 aliphatic heterocycles. The Hall–Kier alpha value is -2.59. The topological polar surface area (TPSA) is 51.2 Å². The van der Waals surface area contributed by atoms with E-state index in [0.29, 0.717) is 24.6 Å². The number of nitrogens with zero attached hydrogens (tertiary/aromatic N) is 1. The number of nitrogens with one attached hydrogen (secondary N) is 1. The van der Waals surface area contributed by atoms with E-state index in [1.807, 2.05) is 36.4 Å². The van der Waals surface area contributed by atoms with Crippen LogP contribution in [-0.4, -0.2) is 24.0 Å². The van der Waals surface area contributed by atoms with Gasteiger partial charge in [0.15, 0.2) is 0 Å². The molecule has 1 aliphatic rings. The van der Waals surface area contributed by atoms with Crippen molar-refractivity contribution in [2.45, 2.75) is 12.8 Å². The largest absolute Gasteiger partial charge is 0.492 e. The minimum Gasteiger partial charge on any atom is -0.492 e. The summed E-state index contributed by atoms with van der Waals surface area (Å²) in [5.74, 6) is 0.649. The van der Waals surface area contributed by atoms with E-state index >= 15 is 0 Å². The van der Waals surface area contributed by atoms with Gasteiger partial charge in [-0.05, 0) is 48.2 Å². The molecular weight excluding hydrogens is 348 g/mol. The zero-order chi connectivity index (χ0) is 17.9. The Labute approximate surface area is 157 Å². The molecule has 0 radical (unpaired) electrons. The zero-order valence-electron chi connectivity index (χ0n) is 14.2. The van der Waals surface area contributed by atoms with E-state index in [4.69, 9.17) is 16.3 Å². The number of carbonyl (C=O) groups excluding carboxylic acids is 1. The number of hydrogen-bond acceptors (Lipinski definition) is 3. The summed E-state index contributed by atoms with van der Waals surface area (Å²) in [4.78, 5) is 17.0. The van der Waals surface area contributed by atoms with Crippen molar-refractivity contribution in [1.29, 1.82) is 0 Å². The molecule has 4 rings (SSSR count). The highest BCUT2D eigenvalue weighted by molar-refractivity contribution is 6.30. The molecule has 132 valence electrons. The van der Waals surface area contributed by atoms with Crippen molar-refractivity contribution >= 4 is 28.4 Å². The maximum Gasteiger partial charge on any atom is 0.226 e. The third-order valence-corrected chi connectivity index (χ3v) is 4.94. The van der Waals surface area contributed by atoms with Crippen LogP contribution in [0.2, 0.25) is 5.02 Å². The Kier molecular flexibility index (Phi) is 4.76. The summed E-state index contributed by atoms with van der Waals surface area (Å²) in [5.41, 5.74) is 3.12. The van der Waals surface area contributed by atoms with E-state index in [-0.39, 0.29) is 11.8 Å². The number of halogens is 1. The van der Waals surface area contributed by atoms with Crippen LogP contribution in [0.4, 0.5) is 0 Å². The van der Waals surface area contributed by atoms with Gasteiger partial charge >= 0.3 is 0 Å². The first-order valence-corrected chi connectivity index (χ1v) is 9.10. The molecule has 2 heterocycles. The second-order valence-corrected chi connectivity index (χ2v) is 6.93. The number of rotatable bonds is 4. The number of aromatic nitrogens is 1. The van der Waals surface area contributed by atoms with Crippen LogP contribution in [0.5, 0.6) is 5.75 Å². The molecule has 0 spiro atoms. The van der Waals surface area contributed by atoms with Crippen molar-refractivity contribution in [3.05, 3.63) is 70.9 Å². The number of para-hydroxylation sites is 1. The predicted octanol–water partition coefficient (Wildman–Crippen LogP) is 3.80. The summed E-state index contributed by atoms with van der Waals surface area (Å²) in [6.07, 6.45) is 3.19. The molecule has 0 bridgehead atoms. The zero-order valence-corrected chi connectivity index (χ0v) is 15.0. The summed E-state index contributed by atoms with van der Waals surface area (Å²) in [5, 5.41) is 4.81. The van der Waals surface area contributed by atoms with E-state index in [1.165, 1.54) is 0 Å². The Bertz CT molecular complexity index is 952. The van der Waals surface area contributed by atoms with Gasteiger partial charge in [0.2, 0.25) is 5.91 Å². The van der Waals surface area contributed by atoms with Crippen LogP contribution >= 0.6 is 11.6 Å². The third-order valence-electron chi connectivity index (χ3n) is 4.71. The second kappa shape index (κ2) is 7.34. The van der Waals surface area contributed by atoms with Crippen LogP contribution in [0.3, 0.4) is 0 Å². The van der Waals surface area contributed by atoms with Gasteiger partial charge in [-0.15, -0.1) is 0 Å². The quantitative estimate of drug-likeness (QED) is 0.764. The highest BCUT2D eigenvalue weighted by Crippen LogP contribution is 2.29. The second-order valence-electron chi connectivity index (χ2n) is 6.50. The molecule has 0 fully saturated rings. The number of hydrogen-bond donors (Lipinski definition) is 1. The van der Waals surface area contributed by atoms with Gasteiger partial charge in [0.25, 0.3) is 0 Å². The Balaban J connectivity index is 1.37. The average Bonchev–Trinajstić information content (AvgIpc) is 2.67. The normalized spacial score (nSPS) is 16.0. The molecular formula is C21H19ClN2O2. The van der Waals surface area contributed by atoms with Crippen LogP contribution in [0, 0.1) is 5.92 Å². The van der Waals surface area contributed by atoms with Crippen LogP contribution in [0.1, 0.15) is 11.1 Å². The van der Waals surface area contributed by atoms with Crippen LogP contribution < -0.4 is 10.1 Å². The number of fused-ring (bicyclic) bond motifs is 2. The summed E-state index contributed by atoms with van der Waals surface area (Å²) < 4.78 is 5.70. The minimum atomic E-state index is -0.188. The SMILES string of the molecule is O=C(NCCc1cccc2cccnc12)C1COc2ccc(Cl)cc2C1. The van der Waals surface area contributed by atoms with Crippen molar-refractivity contribution in [2.75, 3.05) is 13.2 Å². The van der Waals surface area contributed by atoms with Gasteiger partial charge in [-0.1, -0.05) is 35.9 Å². The summed E-state index contributed by atoms with van der Waals surface area (Å²) in [7, 11) is 0. The summed E-state index contributed by atoms with van der Waals surface area (Å²) in [6, 6.07) is 15.6. The van der Waals surface area contributed by atoms with Gasteiger partial charge in [-0.2, -0.15) is 0 Å². The van der Waals surface area contributed by atoms with Crippen molar-refractivity contribution < 1.29 is 9.53 Å². The van der Waals surface area contributed by atoms with Gasteiger partial charge in [0.1, 0.15) is 12.4 Å². The van der Waals surface area contributed by atoms with E-state index < -0.39 is 0 Å². The van der Waals surface area contributed by atoms with Crippen LogP contribution in [0.15, 0.2) is 54.7 Å². The molecule has 1 unspecified atom stereocenters. The first-order valence-electron chi connectivity index (χ1n) is 8.72. The minimum absolute atomic E-state index is 0.0174. The molecule has 4 nitrogen and oxygen atoms in total. The maximum absolute atomic E-state index is 12.5. The monoisotopic (exact) mass is 366 g/mol. The summed E-state index contributed by atoms with van der Waals surface area (Å²) in [6.45, 7) is 0.976. The molecule has 5 heteroatoms. The van der Waals surface area contributed by atoms with Crippen molar-refractivity contribution in [2.24, 2.45) is 5.92 Å². The predicted molar refractivity (Wildman–Crippen MR) is 103 cm³/mol. The van der Waals surface area contributed by atoms with Crippen molar-refractivity contribution in [3.8, 4) is 5.75 Å². The lowest BCUT2D eigenvalue weighted by Crippen LogP contribution is -2.38. The van der Waals surface area contributed by atoms with Crippen molar-refractivity contribution in [1.82, 2.24) is 10.3 Å². The number of pyridine rings is 1. The van der Waals surface area contributed by atoms with E-state index in [2.05, 4.69) is 16.4 Å². The fraction of sp³-hybridized carbons (Fsp3) is 0.238. The number of ether oxygens (including phenoxy) is 1. The average molecular weight is 367 g/mol. The maximum atomic E-state index is 12.5. The van der Waals surface area contributed by atoms with Gasteiger partial charge in [-0.3, -0.25) is 9.78 Å². The smallest absolute Gasteiger partial charge is 0.226 e. The lowest BCUT2D eigenvalue weighted by molar-refractivity contribution is -0.126. The first kappa shape index (κ1) is 16.9. The molecule has 0 saturated heterocycles. The van der Waals surface area contributed by atoms with Gasteiger partial charge < -0.3 is 10.1 Å². The molecule has 26 heavy (non-hydrogen) atoms. The summed E-state index contributed by atoms with van der Waals surface area (Å²) >= 11 is 6.04. The molecule has 2 aromatic carbocycles. The third kappa shape index (κ3) is 3.51. The van der Waals surface area contributed by atoms with E-state index in [9.17, 15) is 4.79 Å². The van der Waals surface area contributed by atoms with Gasteiger partial charge in [0.05, 0.1) is 11.4 Å². The fourth-order valence-corrected chi connectivity index (χ4v) is 3.56. The Morgan fingerprint density at radius 3 is 3.04 bits per heavy atom. The Morgan fingerprint density at radius 2 is 2.12 bits per heavy atom. The van der Waals surface area contributed by atoms with E-state index in [0.717, 1.165) is 34.2 Å². The molecule has 1 aromatic heterocycles. The van der Waals surface area contributed by atoms with Gasteiger partial charge in [-0.25, -0.2) is 0 Å². The highest BCUT2D eigenvalue weighted by atomic mass is 35.5. The Morgan fingerprint density at radius 1 is 1.23 bits per heavy atom.